The van der Waals surface area contributed by atoms with Crippen molar-refractivity contribution >= 4 is 0 Å². The van der Waals surface area contributed by atoms with Crippen LogP contribution >= 0.6 is 0 Å². The SMILES string of the molecule is Fc1cc([C@H]2CCCN2)cnc1F. The highest BCUT2D eigenvalue weighted by Crippen LogP contribution is 2.22. The summed E-state index contributed by atoms with van der Waals surface area (Å²) >= 11 is 0. The fourth-order valence-electron chi connectivity index (χ4n) is 1.60. The molecule has 0 saturated carbocycles. The molecule has 1 atom stereocenters. The first-order chi connectivity index (χ1) is 6.27. The van der Waals surface area contributed by atoms with E-state index < -0.39 is 11.8 Å². The molecule has 1 aliphatic heterocycles. The third kappa shape index (κ3) is 1.67. The van der Waals surface area contributed by atoms with E-state index in [4.69, 9.17) is 0 Å². The van der Waals surface area contributed by atoms with Crippen molar-refractivity contribution in [1.29, 1.82) is 0 Å². The summed E-state index contributed by atoms with van der Waals surface area (Å²) in [5, 5.41) is 3.19. The molecule has 1 aliphatic rings. The summed E-state index contributed by atoms with van der Waals surface area (Å²) in [6.07, 6.45) is 3.43. The fourth-order valence-corrected chi connectivity index (χ4v) is 1.60. The van der Waals surface area contributed by atoms with Crippen LogP contribution in [-0.2, 0) is 0 Å². The van der Waals surface area contributed by atoms with Gasteiger partial charge in [0.1, 0.15) is 0 Å². The number of nitrogens with one attached hydrogen (secondary N) is 1. The minimum absolute atomic E-state index is 0.141. The second kappa shape index (κ2) is 3.38. The molecule has 4 heteroatoms. The molecule has 13 heavy (non-hydrogen) atoms. The predicted molar refractivity (Wildman–Crippen MR) is 44.1 cm³/mol. The maximum Gasteiger partial charge on any atom is 0.248 e. The molecule has 1 saturated heterocycles. The average molecular weight is 184 g/mol. The van der Waals surface area contributed by atoms with Gasteiger partial charge in [0.25, 0.3) is 0 Å². The first kappa shape index (κ1) is 8.56. The molecule has 70 valence electrons. The van der Waals surface area contributed by atoms with Crippen molar-refractivity contribution in [2.24, 2.45) is 0 Å². The molecule has 0 aliphatic carbocycles. The Balaban J connectivity index is 2.25. The van der Waals surface area contributed by atoms with Crippen LogP contribution in [-0.4, -0.2) is 11.5 Å². The Bertz CT molecular complexity index is 308. The number of nitrogens with zero attached hydrogens (tertiary/aromatic N) is 1. The smallest absolute Gasteiger partial charge is 0.248 e. The van der Waals surface area contributed by atoms with Crippen LogP contribution in [0.4, 0.5) is 8.78 Å². The number of rotatable bonds is 1. The molecule has 0 unspecified atom stereocenters. The number of hydrogen-bond acceptors (Lipinski definition) is 2. The molecule has 0 spiro atoms. The third-order valence-electron chi connectivity index (χ3n) is 2.28. The van der Waals surface area contributed by atoms with E-state index >= 15 is 0 Å². The summed E-state index contributed by atoms with van der Waals surface area (Å²) in [7, 11) is 0. The van der Waals surface area contributed by atoms with E-state index in [0.29, 0.717) is 0 Å². The molecule has 0 bridgehead atoms. The van der Waals surface area contributed by atoms with Gasteiger partial charge in [-0.2, -0.15) is 4.39 Å². The van der Waals surface area contributed by atoms with Crippen LogP contribution in [0.1, 0.15) is 24.4 Å². The van der Waals surface area contributed by atoms with Gasteiger partial charge in [-0.25, -0.2) is 9.37 Å². The number of pyridine rings is 1. The first-order valence-electron chi connectivity index (χ1n) is 4.31. The molecule has 2 rings (SSSR count). The van der Waals surface area contributed by atoms with Gasteiger partial charge in [0, 0.05) is 12.2 Å². The van der Waals surface area contributed by atoms with E-state index in [2.05, 4.69) is 10.3 Å². The molecular weight excluding hydrogens is 174 g/mol. The lowest BCUT2D eigenvalue weighted by molar-refractivity contribution is 0.473. The van der Waals surface area contributed by atoms with Gasteiger partial charge in [0.05, 0.1) is 0 Å². The normalized spacial score (nSPS) is 22.2. The third-order valence-corrected chi connectivity index (χ3v) is 2.28. The Morgan fingerprint density at radius 2 is 2.31 bits per heavy atom. The number of hydrogen-bond donors (Lipinski definition) is 1. The van der Waals surface area contributed by atoms with E-state index in [1.54, 1.807) is 0 Å². The van der Waals surface area contributed by atoms with E-state index in [-0.39, 0.29) is 6.04 Å². The van der Waals surface area contributed by atoms with Crippen molar-refractivity contribution in [3.63, 3.8) is 0 Å². The van der Waals surface area contributed by atoms with E-state index in [0.717, 1.165) is 24.9 Å². The lowest BCUT2D eigenvalue weighted by Gasteiger charge is -2.09. The molecule has 2 heterocycles. The van der Waals surface area contributed by atoms with Crippen molar-refractivity contribution in [2.45, 2.75) is 18.9 Å². The predicted octanol–water partition coefficient (Wildman–Crippen LogP) is 1.78. The van der Waals surface area contributed by atoms with Crippen LogP contribution in [0.15, 0.2) is 12.3 Å². The van der Waals surface area contributed by atoms with Crippen molar-refractivity contribution in [3.8, 4) is 0 Å². The molecule has 0 amide bonds. The van der Waals surface area contributed by atoms with Gasteiger partial charge < -0.3 is 5.32 Å². The van der Waals surface area contributed by atoms with Crippen LogP contribution in [0.2, 0.25) is 0 Å². The first-order valence-corrected chi connectivity index (χ1v) is 4.31. The van der Waals surface area contributed by atoms with Gasteiger partial charge >= 0.3 is 0 Å². The van der Waals surface area contributed by atoms with E-state index in [1.165, 1.54) is 12.3 Å². The number of aromatic nitrogens is 1. The maximum absolute atomic E-state index is 12.8. The van der Waals surface area contributed by atoms with Crippen molar-refractivity contribution < 1.29 is 8.78 Å². The lowest BCUT2D eigenvalue weighted by atomic mass is 10.1. The van der Waals surface area contributed by atoms with Gasteiger partial charge in [-0.05, 0) is 31.0 Å². The van der Waals surface area contributed by atoms with E-state index in [1.807, 2.05) is 0 Å². The summed E-state index contributed by atoms with van der Waals surface area (Å²) in [4.78, 5) is 3.34. The van der Waals surface area contributed by atoms with Gasteiger partial charge in [0.15, 0.2) is 5.82 Å². The Morgan fingerprint density at radius 1 is 1.46 bits per heavy atom. The van der Waals surface area contributed by atoms with Crippen molar-refractivity contribution in [3.05, 3.63) is 29.6 Å². The van der Waals surface area contributed by atoms with Crippen LogP contribution < -0.4 is 5.32 Å². The zero-order valence-corrected chi connectivity index (χ0v) is 7.06. The highest BCUT2D eigenvalue weighted by Gasteiger charge is 2.17. The molecule has 1 fully saturated rings. The topological polar surface area (TPSA) is 24.9 Å². The molecule has 1 N–H and O–H groups in total. The second-order valence-corrected chi connectivity index (χ2v) is 3.19. The Kier molecular flexibility index (Phi) is 2.22. The zero-order chi connectivity index (χ0) is 9.26. The maximum atomic E-state index is 12.8. The summed E-state index contributed by atoms with van der Waals surface area (Å²) in [6.45, 7) is 0.934. The van der Waals surface area contributed by atoms with E-state index in [9.17, 15) is 8.78 Å². The highest BCUT2D eigenvalue weighted by atomic mass is 19.2. The van der Waals surface area contributed by atoms with Crippen LogP contribution in [0, 0.1) is 11.8 Å². The molecule has 1 aromatic heterocycles. The molecule has 0 radical (unpaired) electrons. The monoisotopic (exact) mass is 184 g/mol. The number of halogens is 2. The van der Waals surface area contributed by atoms with Gasteiger partial charge in [0.2, 0.25) is 5.95 Å². The Labute approximate surface area is 75.0 Å². The molecule has 0 aromatic carbocycles. The summed E-state index contributed by atoms with van der Waals surface area (Å²) in [5.74, 6) is -1.90. The molecule has 1 aromatic rings. The molecular formula is C9H10F2N2. The lowest BCUT2D eigenvalue weighted by Crippen LogP contribution is -2.13. The van der Waals surface area contributed by atoms with Crippen LogP contribution in [0.25, 0.3) is 0 Å². The largest absolute Gasteiger partial charge is 0.310 e. The molecule has 2 nitrogen and oxygen atoms in total. The van der Waals surface area contributed by atoms with Crippen LogP contribution in [0.5, 0.6) is 0 Å². The zero-order valence-electron chi connectivity index (χ0n) is 7.06. The minimum atomic E-state index is -1.03. The van der Waals surface area contributed by atoms with Crippen molar-refractivity contribution in [2.75, 3.05) is 6.54 Å². The average Bonchev–Trinajstić information content (AvgIpc) is 2.62. The second-order valence-electron chi connectivity index (χ2n) is 3.19. The standard InChI is InChI=1S/C9H10F2N2/c10-7-4-6(5-13-9(7)11)8-2-1-3-12-8/h4-5,8,12H,1-3H2/t8-/m1/s1. The van der Waals surface area contributed by atoms with Gasteiger partial charge in [-0.1, -0.05) is 0 Å². The van der Waals surface area contributed by atoms with Crippen molar-refractivity contribution in [1.82, 2.24) is 10.3 Å². The fraction of sp³-hybridized carbons (Fsp3) is 0.444. The van der Waals surface area contributed by atoms with Gasteiger partial charge in [-0.3, -0.25) is 0 Å². The quantitative estimate of drug-likeness (QED) is 0.673. The minimum Gasteiger partial charge on any atom is -0.310 e. The summed E-state index contributed by atoms with van der Waals surface area (Å²) in [5.41, 5.74) is 0.733. The Hall–Kier alpha value is -1.03. The summed E-state index contributed by atoms with van der Waals surface area (Å²) < 4.78 is 25.2. The Morgan fingerprint density at radius 3 is 2.92 bits per heavy atom. The summed E-state index contributed by atoms with van der Waals surface area (Å²) in [6, 6.07) is 1.35. The highest BCUT2D eigenvalue weighted by molar-refractivity contribution is 5.16. The van der Waals surface area contributed by atoms with Gasteiger partial charge in [-0.15, -0.1) is 0 Å². The van der Waals surface area contributed by atoms with Crippen LogP contribution in [0.3, 0.4) is 0 Å².